The van der Waals surface area contributed by atoms with Crippen LogP contribution in [0.25, 0.3) is 6.08 Å². The average Bonchev–Trinajstić information content (AvgIpc) is 2.57. The molecule has 0 saturated heterocycles. The van der Waals surface area contributed by atoms with Gasteiger partial charge in [0.25, 0.3) is 0 Å². The lowest BCUT2D eigenvalue weighted by Gasteiger charge is -2.07. The minimum atomic E-state index is -3.49. The van der Waals surface area contributed by atoms with Crippen LogP contribution < -0.4 is 4.72 Å². The molecule has 0 radical (unpaired) electrons. The summed E-state index contributed by atoms with van der Waals surface area (Å²) in [4.78, 5) is 11.0. The lowest BCUT2D eigenvalue weighted by atomic mass is 10.1. The number of carbonyl (C=O) groups is 1. The highest BCUT2D eigenvalue weighted by atomic mass is 32.2. The summed E-state index contributed by atoms with van der Waals surface area (Å²) in [6.45, 7) is 1.83. The summed E-state index contributed by atoms with van der Waals surface area (Å²) in [5, 5.41) is 8.85. The number of carboxylic acid groups (broad SMARTS) is 1. The van der Waals surface area contributed by atoms with Gasteiger partial charge in [-0.15, -0.1) is 0 Å². The van der Waals surface area contributed by atoms with E-state index in [1.807, 2.05) is 24.3 Å². The minimum absolute atomic E-state index is 0.245. The van der Waals surface area contributed by atoms with Crippen molar-refractivity contribution >= 4 is 22.1 Å². The van der Waals surface area contributed by atoms with Crippen molar-refractivity contribution in [3.05, 3.63) is 71.3 Å². The van der Waals surface area contributed by atoms with Gasteiger partial charge in [-0.25, -0.2) is 17.9 Å². The molecule has 0 unspecified atom stereocenters. The smallest absolute Gasteiger partial charge is 0.331 e. The first kappa shape index (κ1) is 17.9. The average molecular weight is 345 g/mol. The Balaban J connectivity index is 1.94. The highest BCUT2D eigenvalue weighted by molar-refractivity contribution is 7.89. The van der Waals surface area contributed by atoms with Gasteiger partial charge in [0.2, 0.25) is 10.0 Å². The summed E-state index contributed by atoms with van der Waals surface area (Å²) in [6, 6.07) is 15.6. The molecule has 2 aromatic rings. The fraction of sp³-hybridized carbons (Fsp3) is 0.167. The van der Waals surface area contributed by atoms with Gasteiger partial charge in [-0.2, -0.15) is 0 Å². The molecule has 0 atom stereocenters. The number of hydrogen-bond donors (Lipinski definition) is 2. The first-order valence-electron chi connectivity index (χ1n) is 7.44. The first-order valence-corrected chi connectivity index (χ1v) is 8.92. The van der Waals surface area contributed by atoms with Gasteiger partial charge in [0.15, 0.2) is 0 Å². The van der Waals surface area contributed by atoms with E-state index in [1.165, 1.54) is 6.92 Å². The lowest BCUT2D eigenvalue weighted by Crippen LogP contribution is -2.25. The highest BCUT2D eigenvalue weighted by Crippen LogP contribution is 2.11. The molecule has 0 aliphatic carbocycles. The van der Waals surface area contributed by atoms with E-state index in [4.69, 9.17) is 5.11 Å². The van der Waals surface area contributed by atoms with Gasteiger partial charge in [0, 0.05) is 12.1 Å². The predicted octanol–water partition coefficient (Wildman–Crippen LogP) is 2.70. The van der Waals surface area contributed by atoms with Crippen LogP contribution >= 0.6 is 0 Å². The van der Waals surface area contributed by atoms with Crippen molar-refractivity contribution < 1.29 is 18.3 Å². The first-order chi connectivity index (χ1) is 11.4. The second-order valence-electron chi connectivity index (χ2n) is 5.33. The third-order valence-corrected chi connectivity index (χ3v) is 4.94. The summed E-state index contributed by atoms with van der Waals surface area (Å²) in [5.41, 5.74) is 2.03. The van der Waals surface area contributed by atoms with Gasteiger partial charge in [0.1, 0.15) is 0 Å². The summed E-state index contributed by atoms with van der Waals surface area (Å²) in [5.74, 6) is -0.950. The normalized spacial score (nSPS) is 12.1. The van der Waals surface area contributed by atoms with E-state index < -0.39 is 16.0 Å². The van der Waals surface area contributed by atoms with Crippen LogP contribution in [-0.4, -0.2) is 26.0 Å². The fourth-order valence-electron chi connectivity index (χ4n) is 2.10. The predicted molar refractivity (Wildman–Crippen MR) is 93.1 cm³/mol. The van der Waals surface area contributed by atoms with Gasteiger partial charge in [-0.05, 0) is 42.7 Å². The van der Waals surface area contributed by atoms with Crippen LogP contribution in [0.2, 0.25) is 0 Å². The molecular formula is C18H19NO4S. The molecule has 0 aliphatic heterocycles. The molecular weight excluding hydrogens is 326 g/mol. The molecule has 0 aliphatic rings. The monoisotopic (exact) mass is 345 g/mol. The van der Waals surface area contributed by atoms with Crippen molar-refractivity contribution in [1.29, 1.82) is 0 Å². The third-order valence-electron chi connectivity index (χ3n) is 3.46. The van der Waals surface area contributed by atoms with Gasteiger partial charge < -0.3 is 5.11 Å². The number of carboxylic acids is 1. The Morgan fingerprint density at radius 2 is 1.71 bits per heavy atom. The van der Waals surface area contributed by atoms with Crippen LogP contribution in [-0.2, 0) is 21.2 Å². The highest BCUT2D eigenvalue weighted by Gasteiger charge is 2.12. The van der Waals surface area contributed by atoms with Crippen LogP contribution in [0.4, 0.5) is 0 Å². The molecule has 0 spiro atoms. The molecule has 0 bridgehead atoms. The topological polar surface area (TPSA) is 83.5 Å². The third kappa shape index (κ3) is 5.04. The van der Waals surface area contributed by atoms with Crippen LogP contribution in [0.5, 0.6) is 0 Å². The molecule has 2 N–H and O–H groups in total. The molecule has 0 amide bonds. The molecule has 6 heteroatoms. The van der Waals surface area contributed by atoms with Crippen molar-refractivity contribution in [2.75, 3.05) is 6.54 Å². The summed E-state index contributed by atoms with van der Waals surface area (Å²) in [6.07, 6.45) is 2.14. The molecule has 5 nitrogen and oxygen atoms in total. The molecule has 2 aromatic carbocycles. The Bertz CT molecular complexity index is 825. The maximum Gasteiger partial charge on any atom is 0.331 e. The van der Waals surface area contributed by atoms with E-state index in [1.54, 1.807) is 36.4 Å². The van der Waals surface area contributed by atoms with Crippen LogP contribution in [0.15, 0.2) is 65.1 Å². The Morgan fingerprint density at radius 3 is 2.29 bits per heavy atom. The molecule has 0 aromatic heterocycles. The summed E-state index contributed by atoms with van der Waals surface area (Å²) in [7, 11) is -3.49. The fourth-order valence-corrected chi connectivity index (χ4v) is 3.16. The van der Waals surface area contributed by atoms with Crippen molar-refractivity contribution in [3.8, 4) is 0 Å². The summed E-state index contributed by atoms with van der Waals surface area (Å²) >= 11 is 0. The molecule has 0 saturated carbocycles. The van der Waals surface area contributed by atoms with Crippen molar-refractivity contribution in [2.24, 2.45) is 0 Å². The second-order valence-corrected chi connectivity index (χ2v) is 7.10. The molecule has 2 rings (SSSR count). The van der Waals surface area contributed by atoms with Crippen molar-refractivity contribution in [3.63, 3.8) is 0 Å². The zero-order chi connectivity index (χ0) is 17.6. The number of nitrogens with one attached hydrogen (secondary N) is 1. The number of hydrogen-bond acceptors (Lipinski definition) is 3. The minimum Gasteiger partial charge on any atom is -0.478 e. The molecule has 24 heavy (non-hydrogen) atoms. The van der Waals surface area contributed by atoms with Gasteiger partial charge in [0.05, 0.1) is 4.90 Å². The second kappa shape index (κ2) is 7.90. The molecule has 0 fully saturated rings. The van der Waals surface area contributed by atoms with Crippen LogP contribution in [0.1, 0.15) is 18.1 Å². The van der Waals surface area contributed by atoms with E-state index in [2.05, 4.69) is 4.72 Å². The van der Waals surface area contributed by atoms with Crippen molar-refractivity contribution in [2.45, 2.75) is 18.2 Å². The zero-order valence-electron chi connectivity index (χ0n) is 13.3. The van der Waals surface area contributed by atoms with Crippen molar-refractivity contribution in [1.82, 2.24) is 4.72 Å². The Hall–Kier alpha value is -2.44. The standard InChI is InChI=1S/C18H19NO4S/c1-14(18(20)21)13-16-9-7-15(8-10-16)11-12-19-24(22,23)17-5-3-2-4-6-17/h2-10,13,19H,11-12H2,1H3,(H,20,21). The summed E-state index contributed by atoms with van der Waals surface area (Å²) < 4.78 is 26.7. The Morgan fingerprint density at radius 1 is 1.08 bits per heavy atom. The Kier molecular flexibility index (Phi) is 5.89. The van der Waals surface area contributed by atoms with E-state index in [0.717, 1.165) is 11.1 Å². The number of benzene rings is 2. The maximum atomic E-state index is 12.1. The maximum absolute atomic E-state index is 12.1. The van der Waals surface area contributed by atoms with E-state index >= 15 is 0 Å². The number of aliphatic carboxylic acids is 1. The van der Waals surface area contributed by atoms with E-state index in [0.29, 0.717) is 13.0 Å². The lowest BCUT2D eigenvalue weighted by molar-refractivity contribution is -0.132. The van der Waals surface area contributed by atoms with Crippen LogP contribution in [0, 0.1) is 0 Å². The zero-order valence-corrected chi connectivity index (χ0v) is 14.1. The molecule has 0 heterocycles. The number of rotatable bonds is 7. The largest absolute Gasteiger partial charge is 0.478 e. The SMILES string of the molecule is CC(=Cc1ccc(CCNS(=O)(=O)c2ccccc2)cc1)C(=O)O. The van der Waals surface area contributed by atoms with E-state index in [-0.39, 0.29) is 10.5 Å². The molecule has 126 valence electrons. The van der Waals surface area contributed by atoms with E-state index in [9.17, 15) is 13.2 Å². The Labute approximate surface area is 141 Å². The quantitative estimate of drug-likeness (QED) is 0.756. The van der Waals surface area contributed by atoms with Gasteiger partial charge >= 0.3 is 5.97 Å². The number of sulfonamides is 1. The van der Waals surface area contributed by atoms with Gasteiger partial charge in [-0.3, -0.25) is 0 Å². The van der Waals surface area contributed by atoms with Gasteiger partial charge in [-0.1, -0.05) is 42.5 Å². The van der Waals surface area contributed by atoms with Crippen LogP contribution in [0.3, 0.4) is 0 Å².